The van der Waals surface area contributed by atoms with E-state index < -0.39 is 0 Å². The molecule has 1 unspecified atom stereocenters. The minimum absolute atomic E-state index is 0.0480. The molecular formula is C21H38N4O2. The minimum atomic E-state index is -0.0480. The number of hydrogen-bond donors (Lipinski definition) is 1. The first-order valence-corrected chi connectivity index (χ1v) is 11.1. The Morgan fingerprint density at radius 3 is 2.15 bits per heavy atom. The normalized spacial score (nSPS) is 25.3. The lowest BCUT2D eigenvalue weighted by Crippen LogP contribution is -2.56. The Morgan fingerprint density at radius 1 is 0.926 bits per heavy atom. The molecule has 3 aliphatic rings. The van der Waals surface area contributed by atoms with Gasteiger partial charge in [-0.25, -0.2) is 0 Å². The van der Waals surface area contributed by atoms with Crippen molar-refractivity contribution >= 4 is 11.8 Å². The van der Waals surface area contributed by atoms with Crippen molar-refractivity contribution in [1.82, 2.24) is 20.0 Å². The van der Waals surface area contributed by atoms with Crippen LogP contribution in [0.25, 0.3) is 0 Å². The Hall–Kier alpha value is -1.14. The first-order chi connectivity index (χ1) is 13.1. The monoisotopic (exact) mass is 378 g/mol. The van der Waals surface area contributed by atoms with E-state index >= 15 is 0 Å². The van der Waals surface area contributed by atoms with Gasteiger partial charge in [0.25, 0.3) is 0 Å². The van der Waals surface area contributed by atoms with E-state index in [0.717, 1.165) is 71.5 Å². The minimum Gasteiger partial charge on any atom is -0.353 e. The number of piperazine rings is 1. The molecule has 0 aromatic heterocycles. The second-order valence-electron chi connectivity index (χ2n) is 8.59. The van der Waals surface area contributed by atoms with E-state index in [2.05, 4.69) is 29.0 Å². The molecule has 2 amide bonds. The van der Waals surface area contributed by atoms with Crippen molar-refractivity contribution in [1.29, 1.82) is 0 Å². The van der Waals surface area contributed by atoms with Gasteiger partial charge in [-0.3, -0.25) is 14.5 Å². The molecule has 1 N–H and O–H groups in total. The summed E-state index contributed by atoms with van der Waals surface area (Å²) in [4.78, 5) is 32.0. The molecule has 27 heavy (non-hydrogen) atoms. The molecule has 0 radical (unpaired) electrons. The highest BCUT2D eigenvalue weighted by atomic mass is 16.2. The Bertz CT molecular complexity index is 490. The molecule has 0 spiro atoms. The molecule has 1 saturated carbocycles. The van der Waals surface area contributed by atoms with Gasteiger partial charge in [0.2, 0.25) is 11.8 Å². The topological polar surface area (TPSA) is 55.9 Å². The van der Waals surface area contributed by atoms with Crippen molar-refractivity contribution in [2.75, 3.05) is 45.8 Å². The quantitative estimate of drug-likeness (QED) is 0.791. The van der Waals surface area contributed by atoms with E-state index in [1.807, 2.05) is 4.90 Å². The molecule has 3 fully saturated rings. The number of amides is 2. The Kier molecular flexibility index (Phi) is 7.53. The van der Waals surface area contributed by atoms with E-state index in [0.29, 0.717) is 0 Å². The number of nitrogens with zero attached hydrogens (tertiary/aromatic N) is 3. The first kappa shape index (κ1) is 20.6. The maximum atomic E-state index is 12.9. The summed E-state index contributed by atoms with van der Waals surface area (Å²) in [6.07, 6.45) is 7.70. The van der Waals surface area contributed by atoms with Gasteiger partial charge in [0.15, 0.2) is 0 Å². The summed E-state index contributed by atoms with van der Waals surface area (Å²) < 4.78 is 0. The summed E-state index contributed by atoms with van der Waals surface area (Å²) in [5.74, 6) is 0.778. The van der Waals surface area contributed by atoms with E-state index in [9.17, 15) is 9.59 Å². The van der Waals surface area contributed by atoms with Crippen molar-refractivity contribution in [3.05, 3.63) is 0 Å². The SMILES string of the molecule is CCN1CCN(C(=O)C(C)N2CCC(NC(=O)C3CCCCC3)CC2)CC1. The van der Waals surface area contributed by atoms with E-state index in [-0.39, 0.29) is 29.8 Å². The van der Waals surface area contributed by atoms with Crippen LogP contribution < -0.4 is 5.32 Å². The number of carbonyl (C=O) groups excluding carboxylic acids is 2. The predicted molar refractivity (Wildman–Crippen MR) is 107 cm³/mol. The third kappa shape index (κ3) is 5.44. The maximum Gasteiger partial charge on any atom is 0.239 e. The van der Waals surface area contributed by atoms with Crippen molar-refractivity contribution in [3.8, 4) is 0 Å². The Morgan fingerprint density at radius 2 is 1.56 bits per heavy atom. The van der Waals surface area contributed by atoms with Crippen molar-refractivity contribution in [2.24, 2.45) is 5.92 Å². The number of likely N-dealkylation sites (tertiary alicyclic amines) is 1. The van der Waals surface area contributed by atoms with Gasteiger partial charge in [-0.1, -0.05) is 26.2 Å². The van der Waals surface area contributed by atoms with Gasteiger partial charge in [0.05, 0.1) is 6.04 Å². The predicted octanol–water partition coefficient (Wildman–Crippen LogP) is 1.70. The summed E-state index contributed by atoms with van der Waals surface area (Å²) in [5, 5.41) is 3.29. The van der Waals surface area contributed by atoms with Crippen LogP contribution in [0.15, 0.2) is 0 Å². The van der Waals surface area contributed by atoms with Gasteiger partial charge in [-0.15, -0.1) is 0 Å². The molecule has 0 bridgehead atoms. The zero-order valence-electron chi connectivity index (χ0n) is 17.3. The largest absolute Gasteiger partial charge is 0.353 e. The van der Waals surface area contributed by atoms with Crippen molar-refractivity contribution < 1.29 is 9.59 Å². The van der Waals surface area contributed by atoms with Gasteiger partial charge in [-0.2, -0.15) is 0 Å². The van der Waals surface area contributed by atoms with Crippen LogP contribution in [0, 0.1) is 5.92 Å². The molecule has 0 aromatic carbocycles. The van der Waals surface area contributed by atoms with Crippen LogP contribution in [0.2, 0.25) is 0 Å². The van der Waals surface area contributed by atoms with E-state index in [4.69, 9.17) is 0 Å². The van der Waals surface area contributed by atoms with Crippen LogP contribution in [0.3, 0.4) is 0 Å². The van der Waals surface area contributed by atoms with Gasteiger partial charge in [-0.05, 0) is 39.2 Å². The van der Waals surface area contributed by atoms with Crippen LogP contribution >= 0.6 is 0 Å². The summed E-state index contributed by atoms with van der Waals surface area (Å²) in [7, 11) is 0. The smallest absolute Gasteiger partial charge is 0.239 e. The fraction of sp³-hybridized carbons (Fsp3) is 0.905. The molecule has 2 heterocycles. The highest BCUT2D eigenvalue weighted by Gasteiger charge is 2.32. The third-order valence-corrected chi connectivity index (χ3v) is 6.89. The number of nitrogens with one attached hydrogen (secondary N) is 1. The highest BCUT2D eigenvalue weighted by Crippen LogP contribution is 2.24. The standard InChI is InChI=1S/C21H38N4O2/c1-3-23-13-15-25(16-14-23)21(27)17(2)24-11-9-19(10-12-24)22-20(26)18-7-5-4-6-8-18/h17-19H,3-16H2,1-2H3,(H,22,26). The molecular weight excluding hydrogens is 340 g/mol. The molecule has 1 atom stereocenters. The van der Waals surface area contributed by atoms with Crippen molar-refractivity contribution in [3.63, 3.8) is 0 Å². The third-order valence-electron chi connectivity index (χ3n) is 6.89. The summed E-state index contributed by atoms with van der Waals surface area (Å²) in [6, 6.07) is 0.235. The number of rotatable bonds is 5. The van der Waals surface area contributed by atoms with Crippen LogP contribution in [-0.2, 0) is 9.59 Å². The number of hydrogen-bond acceptors (Lipinski definition) is 4. The van der Waals surface area contributed by atoms with Crippen molar-refractivity contribution in [2.45, 2.75) is 70.9 Å². The zero-order valence-corrected chi connectivity index (χ0v) is 17.3. The lowest BCUT2D eigenvalue weighted by molar-refractivity contribution is -0.139. The van der Waals surface area contributed by atoms with Gasteiger partial charge in [0, 0.05) is 51.2 Å². The molecule has 6 nitrogen and oxygen atoms in total. The Labute approximate surface area is 164 Å². The maximum absolute atomic E-state index is 12.9. The summed E-state index contributed by atoms with van der Waals surface area (Å²) >= 11 is 0. The fourth-order valence-electron chi connectivity index (χ4n) is 4.82. The second kappa shape index (κ2) is 9.87. The van der Waals surface area contributed by atoms with E-state index in [1.165, 1.54) is 19.3 Å². The average molecular weight is 379 g/mol. The summed E-state index contributed by atoms with van der Waals surface area (Å²) in [5.41, 5.74) is 0. The average Bonchev–Trinajstić information content (AvgIpc) is 2.74. The highest BCUT2D eigenvalue weighted by molar-refractivity contribution is 5.81. The second-order valence-corrected chi connectivity index (χ2v) is 8.59. The first-order valence-electron chi connectivity index (χ1n) is 11.1. The number of carbonyl (C=O) groups is 2. The summed E-state index contributed by atoms with van der Waals surface area (Å²) in [6.45, 7) is 10.8. The van der Waals surface area contributed by atoms with Gasteiger partial charge in [0.1, 0.15) is 0 Å². The molecule has 0 aromatic rings. The molecule has 2 aliphatic heterocycles. The molecule has 1 aliphatic carbocycles. The molecule has 154 valence electrons. The van der Waals surface area contributed by atoms with Crippen LogP contribution in [0.4, 0.5) is 0 Å². The zero-order chi connectivity index (χ0) is 19.2. The number of piperidine rings is 1. The number of likely N-dealkylation sites (N-methyl/N-ethyl adjacent to an activating group) is 1. The molecule has 6 heteroatoms. The van der Waals surface area contributed by atoms with Gasteiger partial charge >= 0.3 is 0 Å². The fourth-order valence-corrected chi connectivity index (χ4v) is 4.82. The van der Waals surface area contributed by atoms with E-state index in [1.54, 1.807) is 0 Å². The van der Waals surface area contributed by atoms with Crippen LogP contribution in [0.1, 0.15) is 58.8 Å². The lowest BCUT2D eigenvalue weighted by atomic mass is 9.88. The molecule has 2 saturated heterocycles. The lowest BCUT2D eigenvalue weighted by Gasteiger charge is -2.40. The van der Waals surface area contributed by atoms with Crippen LogP contribution in [0.5, 0.6) is 0 Å². The Balaban J connectivity index is 1.40. The molecule has 3 rings (SSSR count). The van der Waals surface area contributed by atoms with Gasteiger partial charge < -0.3 is 15.1 Å². The van der Waals surface area contributed by atoms with Crippen LogP contribution in [-0.4, -0.2) is 84.4 Å².